The molecule has 5 saturated carbocycles. The SMILES string of the molecule is COC1CC2(O)C3C(OC)C1CC3C13C(OC)CCC4(COC(=O)c5ccccc5N)C=NC1C2(O)C(OC)C43. The Morgan fingerprint density at radius 1 is 1.10 bits per heavy atom. The third-order valence-corrected chi connectivity index (χ3v) is 12.1. The number of methoxy groups -OCH3 is 4. The van der Waals surface area contributed by atoms with Gasteiger partial charge >= 0.3 is 5.97 Å². The Morgan fingerprint density at radius 2 is 1.88 bits per heavy atom. The zero-order valence-corrected chi connectivity index (χ0v) is 23.5. The highest BCUT2D eigenvalue weighted by Gasteiger charge is 2.90. The summed E-state index contributed by atoms with van der Waals surface area (Å²) in [5.41, 5.74) is 2.09. The van der Waals surface area contributed by atoms with E-state index in [0.717, 1.165) is 6.42 Å². The van der Waals surface area contributed by atoms with Gasteiger partial charge < -0.3 is 39.6 Å². The molecule has 10 heteroatoms. The molecule has 218 valence electrons. The molecule has 0 amide bonds. The minimum Gasteiger partial charge on any atom is -0.461 e. The molecule has 0 saturated heterocycles. The molecule has 0 radical (unpaired) electrons. The third kappa shape index (κ3) is 2.81. The van der Waals surface area contributed by atoms with Crippen LogP contribution in [0.2, 0.25) is 0 Å². The second kappa shape index (κ2) is 8.72. The summed E-state index contributed by atoms with van der Waals surface area (Å²) in [4.78, 5) is 18.3. The van der Waals surface area contributed by atoms with E-state index in [4.69, 9.17) is 34.4 Å². The van der Waals surface area contributed by atoms with Crippen molar-refractivity contribution in [3.05, 3.63) is 29.8 Å². The second-order valence-corrected chi connectivity index (χ2v) is 12.9. The Hall–Kier alpha value is -2.08. The van der Waals surface area contributed by atoms with Crippen molar-refractivity contribution >= 4 is 17.9 Å². The van der Waals surface area contributed by atoms with Gasteiger partial charge in [-0.15, -0.1) is 0 Å². The van der Waals surface area contributed by atoms with Crippen molar-refractivity contribution in [2.75, 3.05) is 40.8 Å². The Labute approximate surface area is 234 Å². The maximum absolute atomic E-state index is 13.2. The van der Waals surface area contributed by atoms with Gasteiger partial charge in [-0.2, -0.15) is 0 Å². The first-order chi connectivity index (χ1) is 19.2. The van der Waals surface area contributed by atoms with Crippen molar-refractivity contribution in [1.82, 2.24) is 0 Å². The van der Waals surface area contributed by atoms with E-state index in [9.17, 15) is 15.0 Å². The maximum Gasteiger partial charge on any atom is 0.340 e. The van der Waals surface area contributed by atoms with Gasteiger partial charge in [0, 0.05) is 75.3 Å². The van der Waals surface area contributed by atoms with Crippen molar-refractivity contribution < 1.29 is 38.7 Å². The minimum absolute atomic E-state index is 0.0584. The van der Waals surface area contributed by atoms with E-state index in [2.05, 4.69) is 0 Å². The molecular formula is C30H40N2O8. The van der Waals surface area contributed by atoms with Crippen LogP contribution in [0.3, 0.4) is 0 Å². The lowest BCUT2D eigenvalue weighted by molar-refractivity contribution is -0.293. The molecule has 5 aliphatic carbocycles. The molecule has 6 aliphatic rings. The molecule has 7 bridgehead atoms. The van der Waals surface area contributed by atoms with E-state index in [-0.39, 0.29) is 55.0 Å². The number of esters is 1. The topological polar surface area (TPSA) is 142 Å². The number of aliphatic imine (C=N–C) groups is 1. The zero-order chi connectivity index (χ0) is 28.2. The quantitative estimate of drug-likeness (QED) is 0.336. The second-order valence-electron chi connectivity index (χ2n) is 12.9. The van der Waals surface area contributed by atoms with Gasteiger partial charge in [-0.25, -0.2) is 4.79 Å². The summed E-state index contributed by atoms with van der Waals surface area (Å²) in [6, 6.07) is 6.20. The number of para-hydroxylation sites is 1. The predicted molar refractivity (Wildman–Crippen MR) is 144 cm³/mol. The van der Waals surface area contributed by atoms with Crippen LogP contribution in [0.15, 0.2) is 29.3 Å². The minimum atomic E-state index is -1.72. The molecule has 40 heavy (non-hydrogen) atoms. The number of ether oxygens (including phenoxy) is 5. The number of nitrogens with two attached hydrogens (primary N) is 1. The first-order valence-electron chi connectivity index (χ1n) is 14.3. The average molecular weight is 557 g/mol. The number of aliphatic hydroxyl groups is 2. The van der Waals surface area contributed by atoms with E-state index in [1.54, 1.807) is 52.7 Å². The number of fused-ring (bicyclic) bond motifs is 2. The standard InChI is InChI=1S/C30H40N2O8/c1-36-19-12-28(34)21-17(11-16(19)22(21)38-3)29-20(37-2)9-10-27(14-40-25(33)15-7-5-6-8-18(15)31)13-32-26(29)30(28,35)24(39-4)23(27)29/h5-8,13,16-17,19-24,26,34-35H,9-12,14,31H2,1-4H3. The Morgan fingerprint density at radius 3 is 2.55 bits per heavy atom. The van der Waals surface area contributed by atoms with Crippen LogP contribution in [0.25, 0.3) is 0 Å². The van der Waals surface area contributed by atoms with Gasteiger partial charge in [-0.3, -0.25) is 4.99 Å². The van der Waals surface area contributed by atoms with E-state index >= 15 is 0 Å². The van der Waals surface area contributed by atoms with E-state index < -0.39 is 40.1 Å². The van der Waals surface area contributed by atoms with Crippen molar-refractivity contribution in [3.63, 3.8) is 0 Å². The number of carbonyl (C=O) groups excluding carboxylic acids is 1. The van der Waals surface area contributed by atoms with Gasteiger partial charge in [0.15, 0.2) is 0 Å². The number of hydrogen-bond donors (Lipinski definition) is 3. The largest absolute Gasteiger partial charge is 0.461 e. The number of hydrogen-bond acceptors (Lipinski definition) is 10. The fourth-order valence-electron chi connectivity index (χ4n) is 10.9. The lowest BCUT2D eigenvalue weighted by atomic mass is 9.44. The van der Waals surface area contributed by atoms with Crippen LogP contribution < -0.4 is 5.73 Å². The molecule has 4 N–H and O–H groups in total. The van der Waals surface area contributed by atoms with E-state index in [0.29, 0.717) is 24.1 Å². The van der Waals surface area contributed by atoms with Crippen LogP contribution in [-0.4, -0.2) is 99.1 Å². The normalized spacial score (nSPS) is 51.1. The van der Waals surface area contributed by atoms with Gasteiger partial charge in [-0.05, 0) is 37.3 Å². The summed E-state index contributed by atoms with van der Waals surface area (Å²) in [7, 11) is 6.64. The molecule has 1 aliphatic heterocycles. The fourth-order valence-corrected chi connectivity index (χ4v) is 10.9. The van der Waals surface area contributed by atoms with Crippen molar-refractivity contribution in [2.24, 2.45) is 39.5 Å². The van der Waals surface area contributed by atoms with Crippen LogP contribution in [0, 0.1) is 34.5 Å². The van der Waals surface area contributed by atoms with Gasteiger partial charge in [0.1, 0.15) is 17.8 Å². The van der Waals surface area contributed by atoms with Crippen LogP contribution >= 0.6 is 0 Å². The Bertz CT molecular complexity index is 1240. The number of nitrogen functional groups attached to an aromatic ring is 1. The summed E-state index contributed by atoms with van der Waals surface area (Å²) in [5, 5.41) is 25.7. The number of carbonyl (C=O) groups is 1. The number of rotatable bonds is 7. The van der Waals surface area contributed by atoms with Crippen molar-refractivity contribution in [3.8, 4) is 0 Å². The number of anilines is 1. The number of benzene rings is 1. The van der Waals surface area contributed by atoms with Gasteiger partial charge in [0.05, 0.1) is 36.0 Å². The number of nitrogens with zero attached hydrogens (tertiary/aromatic N) is 1. The monoisotopic (exact) mass is 556 g/mol. The summed E-state index contributed by atoms with van der Waals surface area (Å²) >= 11 is 0. The molecular weight excluding hydrogens is 516 g/mol. The first-order valence-corrected chi connectivity index (χ1v) is 14.3. The molecule has 1 aromatic carbocycles. The smallest absolute Gasteiger partial charge is 0.340 e. The highest BCUT2D eigenvalue weighted by atomic mass is 16.5. The summed E-state index contributed by atoms with van der Waals surface area (Å²) in [5.74, 6) is -1.15. The molecule has 1 spiro atoms. The van der Waals surface area contributed by atoms with Crippen LogP contribution in [0.5, 0.6) is 0 Å². The lowest BCUT2D eigenvalue weighted by Gasteiger charge is -2.65. The lowest BCUT2D eigenvalue weighted by Crippen LogP contribution is -2.77. The first kappa shape index (κ1) is 26.8. The van der Waals surface area contributed by atoms with Crippen LogP contribution in [0.1, 0.15) is 36.0 Å². The van der Waals surface area contributed by atoms with Gasteiger partial charge in [-0.1, -0.05) is 12.1 Å². The summed E-state index contributed by atoms with van der Waals surface area (Å²) in [6.07, 6.45) is 2.68. The molecule has 13 unspecified atom stereocenters. The van der Waals surface area contributed by atoms with Crippen LogP contribution in [0.4, 0.5) is 5.69 Å². The molecule has 7 rings (SSSR count). The third-order valence-electron chi connectivity index (χ3n) is 12.1. The van der Waals surface area contributed by atoms with E-state index in [1.165, 1.54) is 0 Å². The van der Waals surface area contributed by atoms with Gasteiger partial charge in [0.2, 0.25) is 0 Å². The summed E-state index contributed by atoms with van der Waals surface area (Å²) < 4.78 is 30.5. The van der Waals surface area contributed by atoms with Crippen molar-refractivity contribution in [1.29, 1.82) is 0 Å². The highest BCUT2D eigenvalue weighted by molar-refractivity contribution is 5.95. The Balaban J connectivity index is 1.38. The molecule has 1 aromatic rings. The maximum atomic E-state index is 13.2. The molecule has 1 heterocycles. The highest BCUT2D eigenvalue weighted by Crippen LogP contribution is 2.79. The molecule has 0 aromatic heterocycles. The van der Waals surface area contributed by atoms with Crippen LogP contribution in [-0.2, 0) is 23.7 Å². The molecule has 13 atom stereocenters. The zero-order valence-electron chi connectivity index (χ0n) is 23.5. The van der Waals surface area contributed by atoms with Crippen molar-refractivity contribution in [2.45, 2.75) is 67.3 Å². The Kier molecular flexibility index (Phi) is 5.84. The molecule has 5 fully saturated rings. The average Bonchev–Trinajstić information content (AvgIpc) is 3.36. The van der Waals surface area contributed by atoms with Gasteiger partial charge in [0.25, 0.3) is 0 Å². The predicted octanol–water partition coefficient (Wildman–Crippen LogP) is 1.47. The molecule has 10 nitrogen and oxygen atoms in total. The summed E-state index contributed by atoms with van der Waals surface area (Å²) in [6.45, 7) is 0.0584. The fraction of sp³-hybridized carbons (Fsp3) is 0.733. The van der Waals surface area contributed by atoms with E-state index in [1.807, 2.05) is 6.21 Å².